The maximum Gasteiger partial charge on any atom is 0.160 e. The van der Waals surface area contributed by atoms with Crippen molar-refractivity contribution in [1.29, 1.82) is 0 Å². The van der Waals surface area contributed by atoms with E-state index in [2.05, 4.69) is 0 Å². The summed E-state index contributed by atoms with van der Waals surface area (Å²) >= 11 is 0. The molecule has 0 aliphatic rings. The van der Waals surface area contributed by atoms with Crippen molar-refractivity contribution in [2.75, 3.05) is 0 Å². The van der Waals surface area contributed by atoms with Gasteiger partial charge in [0, 0.05) is 12.0 Å². The molecule has 0 heterocycles. The SMILES string of the molecule is CCC(=O)/C(C)=C(/C)F. The maximum atomic E-state index is 12.2. The summed E-state index contributed by atoms with van der Waals surface area (Å²) in [6, 6.07) is 0. The van der Waals surface area contributed by atoms with Crippen LogP contribution in [0.4, 0.5) is 4.39 Å². The molecule has 0 radical (unpaired) electrons. The topological polar surface area (TPSA) is 17.1 Å². The summed E-state index contributed by atoms with van der Waals surface area (Å²) in [5.41, 5.74) is 0.248. The fourth-order valence-electron chi connectivity index (χ4n) is 0.457. The van der Waals surface area contributed by atoms with Gasteiger partial charge >= 0.3 is 0 Å². The van der Waals surface area contributed by atoms with Crippen LogP contribution in [0.3, 0.4) is 0 Å². The summed E-state index contributed by atoms with van der Waals surface area (Å²) in [7, 11) is 0. The summed E-state index contributed by atoms with van der Waals surface area (Å²) in [6.07, 6.45) is 0.382. The van der Waals surface area contributed by atoms with Crippen molar-refractivity contribution in [3.8, 4) is 0 Å². The molecule has 52 valence electrons. The number of ketones is 1. The molecule has 0 aromatic heterocycles. The molecule has 0 rings (SSSR count). The number of rotatable bonds is 2. The maximum absolute atomic E-state index is 12.2. The van der Waals surface area contributed by atoms with Crippen molar-refractivity contribution in [2.24, 2.45) is 0 Å². The molecule has 0 spiro atoms. The van der Waals surface area contributed by atoms with Crippen molar-refractivity contribution in [3.63, 3.8) is 0 Å². The number of Topliss-reactive ketones (excluding diaryl/α,β-unsaturated/α-hetero) is 1. The molecular formula is C7H11FO. The van der Waals surface area contributed by atoms with Gasteiger partial charge in [-0.25, -0.2) is 4.39 Å². The number of halogens is 1. The third-order valence-electron chi connectivity index (χ3n) is 1.26. The molecule has 0 unspecified atom stereocenters. The number of carbonyl (C=O) groups excluding carboxylic acids is 1. The molecule has 0 aromatic rings. The minimum Gasteiger partial charge on any atom is -0.294 e. The number of allylic oxidation sites excluding steroid dienone is 2. The Morgan fingerprint density at radius 3 is 2.00 bits per heavy atom. The molecule has 0 saturated carbocycles. The first kappa shape index (κ1) is 8.34. The van der Waals surface area contributed by atoms with Crippen LogP contribution in [0.25, 0.3) is 0 Å². The second kappa shape index (κ2) is 3.38. The monoisotopic (exact) mass is 130 g/mol. The summed E-state index contributed by atoms with van der Waals surface area (Å²) in [5.74, 6) is -0.489. The van der Waals surface area contributed by atoms with E-state index in [0.717, 1.165) is 0 Å². The molecule has 2 heteroatoms. The third kappa shape index (κ3) is 2.40. The molecule has 0 N–H and O–H groups in total. The van der Waals surface area contributed by atoms with Crippen molar-refractivity contribution in [2.45, 2.75) is 27.2 Å². The number of hydrogen-bond donors (Lipinski definition) is 0. The van der Waals surface area contributed by atoms with Crippen LogP contribution < -0.4 is 0 Å². The Morgan fingerprint density at radius 2 is 1.89 bits per heavy atom. The highest BCUT2D eigenvalue weighted by Crippen LogP contribution is 2.06. The van der Waals surface area contributed by atoms with E-state index in [1.165, 1.54) is 13.8 Å². The highest BCUT2D eigenvalue weighted by Gasteiger charge is 2.03. The minimum absolute atomic E-state index is 0.116. The lowest BCUT2D eigenvalue weighted by atomic mass is 10.1. The molecule has 0 atom stereocenters. The normalized spacial score (nSPS) is 12.9. The summed E-state index contributed by atoms with van der Waals surface area (Å²) < 4.78 is 12.2. The molecule has 0 saturated heterocycles. The van der Waals surface area contributed by atoms with Crippen molar-refractivity contribution >= 4 is 5.78 Å². The Bertz CT molecular complexity index is 143. The van der Waals surface area contributed by atoms with E-state index in [1.807, 2.05) is 0 Å². The van der Waals surface area contributed by atoms with Crippen LogP contribution in [0.2, 0.25) is 0 Å². The Kier molecular flexibility index (Phi) is 3.13. The van der Waals surface area contributed by atoms with Gasteiger partial charge in [-0.2, -0.15) is 0 Å². The van der Waals surface area contributed by atoms with E-state index in [0.29, 0.717) is 6.42 Å². The van der Waals surface area contributed by atoms with Crippen molar-refractivity contribution in [3.05, 3.63) is 11.4 Å². The van der Waals surface area contributed by atoms with Crippen LogP contribution in [0.1, 0.15) is 27.2 Å². The number of hydrogen-bond acceptors (Lipinski definition) is 1. The largest absolute Gasteiger partial charge is 0.294 e. The lowest BCUT2D eigenvalue weighted by Gasteiger charge is -1.94. The van der Waals surface area contributed by atoms with E-state index in [4.69, 9.17) is 0 Å². The zero-order valence-corrected chi connectivity index (χ0v) is 5.99. The first-order valence-corrected chi connectivity index (χ1v) is 2.95. The van der Waals surface area contributed by atoms with Crippen molar-refractivity contribution in [1.82, 2.24) is 0 Å². The first-order valence-electron chi connectivity index (χ1n) is 2.95. The predicted molar refractivity (Wildman–Crippen MR) is 34.8 cm³/mol. The van der Waals surface area contributed by atoms with E-state index in [1.54, 1.807) is 6.92 Å². The Labute approximate surface area is 54.6 Å². The van der Waals surface area contributed by atoms with Gasteiger partial charge in [-0.15, -0.1) is 0 Å². The lowest BCUT2D eigenvalue weighted by molar-refractivity contribution is -0.115. The quantitative estimate of drug-likeness (QED) is 0.524. The van der Waals surface area contributed by atoms with Crippen LogP contribution >= 0.6 is 0 Å². The summed E-state index contributed by atoms with van der Waals surface area (Å²) in [6.45, 7) is 4.51. The highest BCUT2D eigenvalue weighted by atomic mass is 19.1. The average Bonchev–Trinajstić information content (AvgIpc) is 1.84. The second-order valence-corrected chi connectivity index (χ2v) is 1.94. The zero-order valence-electron chi connectivity index (χ0n) is 5.99. The number of carbonyl (C=O) groups is 1. The van der Waals surface area contributed by atoms with Crippen LogP contribution in [0.15, 0.2) is 11.4 Å². The summed E-state index contributed by atoms with van der Waals surface area (Å²) in [4.78, 5) is 10.7. The first-order chi connectivity index (χ1) is 4.09. The van der Waals surface area contributed by atoms with Crippen LogP contribution in [0, 0.1) is 0 Å². The molecule has 0 amide bonds. The molecule has 0 bridgehead atoms. The second-order valence-electron chi connectivity index (χ2n) is 1.94. The van der Waals surface area contributed by atoms with Crippen LogP contribution in [-0.4, -0.2) is 5.78 Å². The fourth-order valence-corrected chi connectivity index (χ4v) is 0.457. The van der Waals surface area contributed by atoms with E-state index in [9.17, 15) is 9.18 Å². The van der Waals surface area contributed by atoms with E-state index < -0.39 is 0 Å². The molecule has 0 aliphatic carbocycles. The molecule has 0 fully saturated rings. The van der Waals surface area contributed by atoms with Gasteiger partial charge in [0.2, 0.25) is 0 Å². The molecule has 9 heavy (non-hydrogen) atoms. The Hall–Kier alpha value is -0.660. The van der Waals surface area contributed by atoms with Gasteiger partial charge in [0.05, 0.1) is 0 Å². The Morgan fingerprint density at radius 1 is 1.44 bits per heavy atom. The van der Waals surface area contributed by atoms with Gasteiger partial charge in [-0.3, -0.25) is 4.79 Å². The lowest BCUT2D eigenvalue weighted by Crippen LogP contribution is -1.97. The molecular weight excluding hydrogens is 119 g/mol. The zero-order chi connectivity index (χ0) is 7.44. The van der Waals surface area contributed by atoms with Gasteiger partial charge in [-0.1, -0.05) is 6.92 Å². The summed E-state index contributed by atoms with van der Waals surface area (Å²) in [5, 5.41) is 0. The fraction of sp³-hybridized carbons (Fsp3) is 0.571. The van der Waals surface area contributed by atoms with Crippen LogP contribution in [-0.2, 0) is 4.79 Å². The van der Waals surface area contributed by atoms with E-state index in [-0.39, 0.29) is 17.2 Å². The van der Waals surface area contributed by atoms with Gasteiger partial charge in [0.1, 0.15) is 5.83 Å². The Balaban J connectivity index is 4.21. The predicted octanol–water partition coefficient (Wildman–Crippen LogP) is 2.23. The van der Waals surface area contributed by atoms with Gasteiger partial charge in [0.15, 0.2) is 5.78 Å². The highest BCUT2D eigenvalue weighted by molar-refractivity contribution is 5.94. The smallest absolute Gasteiger partial charge is 0.160 e. The standard InChI is InChI=1S/C7H11FO/c1-4-7(9)5(2)6(3)8/h4H2,1-3H3/b6-5-. The van der Waals surface area contributed by atoms with Gasteiger partial charge in [-0.05, 0) is 13.8 Å². The molecule has 1 nitrogen and oxygen atoms in total. The van der Waals surface area contributed by atoms with Gasteiger partial charge < -0.3 is 0 Å². The molecule has 0 aliphatic heterocycles. The van der Waals surface area contributed by atoms with Crippen molar-refractivity contribution < 1.29 is 9.18 Å². The average molecular weight is 130 g/mol. The van der Waals surface area contributed by atoms with E-state index >= 15 is 0 Å². The third-order valence-corrected chi connectivity index (χ3v) is 1.26. The van der Waals surface area contributed by atoms with Gasteiger partial charge in [0.25, 0.3) is 0 Å². The molecule has 0 aromatic carbocycles. The minimum atomic E-state index is -0.373. The van der Waals surface area contributed by atoms with Crippen LogP contribution in [0.5, 0.6) is 0 Å².